The highest BCUT2D eigenvalue weighted by molar-refractivity contribution is 5.98. The molecule has 8 nitrogen and oxygen atoms in total. The summed E-state index contributed by atoms with van der Waals surface area (Å²) in [5, 5.41) is 5.88. The van der Waals surface area contributed by atoms with Gasteiger partial charge < -0.3 is 14.5 Å². The van der Waals surface area contributed by atoms with Gasteiger partial charge in [0.25, 0.3) is 0 Å². The highest BCUT2D eigenvalue weighted by atomic mass is 19.2. The lowest BCUT2D eigenvalue weighted by molar-refractivity contribution is 0.204. The van der Waals surface area contributed by atoms with Crippen molar-refractivity contribution in [2.45, 2.75) is 46.3 Å². The molecule has 10 heteroatoms. The van der Waals surface area contributed by atoms with Crippen LogP contribution in [0, 0.1) is 11.6 Å². The van der Waals surface area contributed by atoms with Gasteiger partial charge >= 0.3 is 0 Å². The van der Waals surface area contributed by atoms with E-state index in [4.69, 9.17) is 20.3 Å². The van der Waals surface area contributed by atoms with Crippen LogP contribution in [0.5, 0.6) is 5.75 Å². The van der Waals surface area contributed by atoms with Crippen LogP contribution in [-0.4, -0.2) is 46.2 Å². The Labute approximate surface area is 228 Å². The van der Waals surface area contributed by atoms with Gasteiger partial charge in [-0.25, -0.2) is 19.6 Å². The lowest BCUT2D eigenvalue weighted by Crippen LogP contribution is -2.34. The van der Waals surface area contributed by atoms with E-state index in [1.54, 1.807) is 25.0 Å². The number of nitrogens with zero attached hydrogens (tertiary/aromatic N) is 5. The van der Waals surface area contributed by atoms with Crippen molar-refractivity contribution in [2.75, 3.05) is 13.6 Å². The Morgan fingerprint density at radius 3 is 2.49 bits per heavy atom. The topological polar surface area (TPSA) is 90.3 Å². The molecule has 1 aromatic heterocycles. The Kier molecular flexibility index (Phi) is 10.3. The maximum Gasteiger partial charge on any atom is 0.225 e. The van der Waals surface area contributed by atoms with Crippen LogP contribution in [0.15, 0.2) is 65.2 Å². The van der Waals surface area contributed by atoms with E-state index < -0.39 is 11.6 Å². The van der Waals surface area contributed by atoms with Gasteiger partial charge in [-0.2, -0.15) is 5.10 Å². The number of hydrogen-bond donors (Lipinski definition) is 1. The Balaban J connectivity index is 1.86. The molecule has 0 spiro atoms. The number of hydrazine groups is 1. The van der Waals surface area contributed by atoms with Crippen molar-refractivity contribution in [3.8, 4) is 5.75 Å². The van der Waals surface area contributed by atoms with Crippen LogP contribution in [0.2, 0.25) is 0 Å². The lowest BCUT2D eigenvalue weighted by atomic mass is 10.1. The molecule has 0 saturated carbocycles. The van der Waals surface area contributed by atoms with Gasteiger partial charge in [0.05, 0.1) is 29.3 Å². The molecule has 39 heavy (non-hydrogen) atoms. The number of nitrogens with two attached hydrogens (primary N) is 1. The molecule has 0 saturated heterocycles. The first kappa shape index (κ1) is 29.5. The van der Waals surface area contributed by atoms with Crippen LogP contribution in [0.4, 0.5) is 8.78 Å². The number of amidine groups is 1. The average molecular weight is 539 g/mol. The molecule has 0 fully saturated rings. The van der Waals surface area contributed by atoms with Gasteiger partial charge in [-0.1, -0.05) is 37.8 Å². The van der Waals surface area contributed by atoms with Gasteiger partial charge in [0.1, 0.15) is 18.2 Å². The second kappa shape index (κ2) is 13.7. The maximum atomic E-state index is 13.6. The molecule has 1 heterocycles. The number of aryl methyl sites for hydroxylation is 1. The number of hydrogen-bond acceptors (Lipinski definition) is 6. The number of aromatic nitrogens is 2. The zero-order chi connectivity index (χ0) is 28.5. The highest BCUT2D eigenvalue weighted by Gasteiger charge is 2.19. The first-order valence-corrected chi connectivity index (χ1v) is 12.8. The molecule has 0 amide bonds. The van der Waals surface area contributed by atoms with Crippen molar-refractivity contribution in [2.24, 2.45) is 22.9 Å². The fraction of sp³-hybridized carbons (Fsp3) is 0.345. The minimum Gasteiger partial charge on any atom is -0.487 e. The van der Waals surface area contributed by atoms with Crippen molar-refractivity contribution < 1.29 is 18.3 Å². The fourth-order valence-electron chi connectivity index (χ4n) is 3.61. The molecule has 2 N–H and O–H groups in total. The van der Waals surface area contributed by atoms with E-state index in [-0.39, 0.29) is 18.5 Å². The van der Waals surface area contributed by atoms with Crippen LogP contribution in [0.3, 0.4) is 0 Å². The van der Waals surface area contributed by atoms with Gasteiger partial charge in [-0.3, -0.25) is 9.67 Å². The smallest absolute Gasteiger partial charge is 0.225 e. The Hall–Kier alpha value is -4.05. The molecule has 0 aliphatic heterocycles. The molecule has 0 aliphatic carbocycles. The van der Waals surface area contributed by atoms with E-state index in [1.165, 1.54) is 11.1 Å². The third-order valence-electron chi connectivity index (χ3n) is 6.08. The van der Waals surface area contributed by atoms with Crippen LogP contribution >= 0.6 is 0 Å². The van der Waals surface area contributed by atoms with Crippen molar-refractivity contribution >= 4 is 17.4 Å². The molecule has 3 aromatic rings. The third-order valence-corrected chi connectivity index (χ3v) is 6.08. The lowest BCUT2D eigenvalue weighted by Gasteiger charge is -2.17. The summed E-state index contributed by atoms with van der Waals surface area (Å²) < 4.78 is 40.5. The van der Waals surface area contributed by atoms with Crippen molar-refractivity contribution in [3.05, 3.63) is 89.3 Å². The van der Waals surface area contributed by atoms with E-state index in [9.17, 15) is 8.78 Å². The zero-order valence-electron chi connectivity index (χ0n) is 23.1. The number of aliphatic imine (C=N–C) groups is 2. The molecular weight excluding hydrogens is 502 g/mol. The first-order valence-electron chi connectivity index (χ1n) is 12.8. The maximum absolute atomic E-state index is 13.6. The summed E-state index contributed by atoms with van der Waals surface area (Å²) in [5.41, 5.74) is 3.65. The highest BCUT2D eigenvalue weighted by Crippen LogP contribution is 2.22. The second-order valence-corrected chi connectivity index (χ2v) is 9.07. The minimum absolute atomic E-state index is 0.0399. The summed E-state index contributed by atoms with van der Waals surface area (Å²) in [4.78, 5) is 9.18. The van der Waals surface area contributed by atoms with Gasteiger partial charge in [0, 0.05) is 33.1 Å². The molecule has 2 aromatic carbocycles. The average Bonchev–Trinajstić information content (AvgIpc) is 3.28. The van der Waals surface area contributed by atoms with Crippen molar-refractivity contribution in [3.63, 3.8) is 0 Å². The van der Waals surface area contributed by atoms with E-state index in [1.807, 2.05) is 45.0 Å². The van der Waals surface area contributed by atoms with Crippen LogP contribution in [0.25, 0.3) is 5.70 Å². The van der Waals surface area contributed by atoms with Gasteiger partial charge in [0.2, 0.25) is 5.90 Å². The summed E-state index contributed by atoms with van der Waals surface area (Å²) >= 11 is 0. The Morgan fingerprint density at radius 2 is 1.87 bits per heavy atom. The van der Waals surface area contributed by atoms with Crippen LogP contribution < -0.4 is 10.6 Å². The van der Waals surface area contributed by atoms with E-state index in [0.29, 0.717) is 35.8 Å². The van der Waals surface area contributed by atoms with Gasteiger partial charge in [-0.15, -0.1) is 0 Å². The number of benzene rings is 2. The zero-order valence-corrected chi connectivity index (χ0v) is 23.1. The predicted molar refractivity (Wildman–Crippen MR) is 150 cm³/mol. The molecule has 208 valence electrons. The number of rotatable bonds is 11. The van der Waals surface area contributed by atoms with Crippen LogP contribution in [0.1, 0.15) is 49.6 Å². The standard InChI is InChI=1S/C29H36F2N6O2/c1-7-19(3)39-29(24-17-34-37(6)27(24)18-38-23-13-14-25(30)26(31)16-23)35-20(4)22-11-9-21(10-12-22)15-28(33-8-2)36(5)32/h9-14,16-17,19H,4,7-8,15,18,32H2,1-3,5-6H3. The summed E-state index contributed by atoms with van der Waals surface area (Å²) in [5.74, 6) is 5.31. The summed E-state index contributed by atoms with van der Waals surface area (Å²) in [6.07, 6.45) is 2.89. The van der Waals surface area contributed by atoms with E-state index in [0.717, 1.165) is 35.5 Å². The number of likely N-dealkylation sites (N-methyl/N-ethyl adjacent to an activating group) is 1. The second-order valence-electron chi connectivity index (χ2n) is 9.07. The van der Waals surface area contributed by atoms with Gasteiger partial charge in [-0.05, 0) is 43.5 Å². The Morgan fingerprint density at radius 1 is 1.15 bits per heavy atom. The quantitative estimate of drug-likeness (QED) is 0.155. The van der Waals surface area contributed by atoms with Crippen LogP contribution in [-0.2, 0) is 24.8 Å². The van der Waals surface area contributed by atoms with E-state index in [2.05, 4.69) is 16.7 Å². The molecular formula is C29H36F2N6O2. The fourth-order valence-corrected chi connectivity index (χ4v) is 3.61. The number of halogens is 2. The molecule has 1 atom stereocenters. The third kappa shape index (κ3) is 7.97. The Bertz CT molecular complexity index is 1330. The van der Waals surface area contributed by atoms with E-state index >= 15 is 0 Å². The predicted octanol–water partition coefficient (Wildman–Crippen LogP) is 5.28. The summed E-state index contributed by atoms with van der Waals surface area (Å²) in [6.45, 7) is 10.8. The molecule has 0 radical (unpaired) electrons. The first-order chi connectivity index (χ1) is 18.6. The molecule has 0 bridgehead atoms. The molecule has 3 rings (SSSR count). The minimum atomic E-state index is -0.980. The normalized spacial score (nSPS) is 12.8. The number of ether oxygens (including phenoxy) is 2. The largest absolute Gasteiger partial charge is 0.487 e. The SMILES string of the molecule is C=C(N=C(OC(C)CC)c1cnn(C)c1COc1ccc(F)c(F)c1)c1ccc(CC(=NCC)N(C)N)cc1. The van der Waals surface area contributed by atoms with Crippen molar-refractivity contribution in [1.29, 1.82) is 0 Å². The molecule has 0 aliphatic rings. The monoisotopic (exact) mass is 538 g/mol. The van der Waals surface area contributed by atoms with Gasteiger partial charge in [0.15, 0.2) is 11.6 Å². The van der Waals surface area contributed by atoms with Crippen molar-refractivity contribution in [1.82, 2.24) is 14.8 Å². The summed E-state index contributed by atoms with van der Waals surface area (Å²) in [7, 11) is 3.53. The summed E-state index contributed by atoms with van der Waals surface area (Å²) in [6, 6.07) is 11.3. The molecule has 1 unspecified atom stereocenters.